The van der Waals surface area contributed by atoms with Gasteiger partial charge in [0.1, 0.15) is 11.0 Å². The molecule has 1 aliphatic heterocycles. The maximum atomic E-state index is 13.6. The van der Waals surface area contributed by atoms with Gasteiger partial charge in [-0.3, -0.25) is 4.79 Å². The zero-order valence-corrected chi connectivity index (χ0v) is 18.2. The van der Waals surface area contributed by atoms with Crippen molar-refractivity contribution in [2.75, 3.05) is 13.2 Å². The van der Waals surface area contributed by atoms with Crippen LogP contribution in [0.15, 0.2) is 48.2 Å². The van der Waals surface area contributed by atoms with Crippen LogP contribution < -0.4 is 0 Å². The van der Waals surface area contributed by atoms with Crippen molar-refractivity contribution < 1.29 is 22.7 Å². The summed E-state index contributed by atoms with van der Waals surface area (Å²) >= 11 is 0. The number of aromatic nitrogens is 1. The van der Waals surface area contributed by atoms with E-state index in [-0.39, 0.29) is 6.29 Å². The van der Waals surface area contributed by atoms with Gasteiger partial charge < -0.3 is 9.47 Å². The Bertz CT molecular complexity index is 1120. The first-order chi connectivity index (χ1) is 14.3. The minimum Gasteiger partial charge on any atom is -0.353 e. The van der Waals surface area contributed by atoms with Crippen molar-refractivity contribution in [2.24, 2.45) is 0 Å². The smallest absolute Gasteiger partial charge is 0.248 e. The van der Waals surface area contributed by atoms with Crippen LogP contribution >= 0.6 is 0 Å². The lowest BCUT2D eigenvalue weighted by atomic mass is 9.98. The van der Waals surface area contributed by atoms with Gasteiger partial charge in [0.05, 0.1) is 12.1 Å². The first-order valence-electron chi connectivity index (χ1n) is 10.3. The van der Waals surface area contributed by atoms with Crippen LogP contribution in [0.1, 0.15) is 48.5 Å². The number of carbonyl (C=O) groups excluding carboxylic acids is 1. The molecule has 0 bridgehead atoms. The molecule has 160 valence electrons. The third-order valence-electron chi connectivity index (χ3n) is 5.94. The van der Waals surface area contributed by atoms with Gasteiger partial charge in [-0.2, -0.15) is 0 Å². The molecule has 2 atom stereocenters. The van der Waals surface area contributed by atoms with Gasteiger partial charge in [0.15, 0.2) is 6.29 Å². The third-order valence-corrected chi connectivity index (χ3v) is 8.24. The molecule has 1 saturated heterocycles. The second-order valence-electron chi connectivity index (χ2n) is 8.25. The normalized spacial score (nSPS) is 24.7. The number of carbonyl (C=O) groups is 1. The second kappa shape index (κ2) is 8.13. The van der Waals surface area contributed by atoms with Crippen LogP contribution in [0.5, 0.6) is 0 Å². The van der Waals surface area contributed by atoms with Crippen LogP contribution in [0.3, 0.4) is 0 Å². The highest BCUT2D eigenvalue weighted by atomic mass is 32.2. The topological polar surface area (TPSA) is 74.6 Å². The van der Waals surface area contributed by atoms with Crippen LogP contribution in [0.25, 0.3) is 10.9 Å². The van der Waals surface area contributed by atoms with Gasteiger partial charge in [-0.05, 0) is 68.9 Å². The molecule has 0 N–H and O–H groups in total. The number of aryl methyl sites for hydroxylation is 1. The van der Waals surface area contributed by atoms with Crippen molar-refractivity contribution in [2.45, 2.75) is 50.6 Å². The number of hydrogen-bond acceptors (Lipinski definition) is 5. The summed E-state index contributed by atoms with van der Waals surface area (Å²) in [7, 11) is -3.71. The molecule has 6 nitrogen and oxygen atoms in total. The number of aldehydes is 1. The maximum Gasteiger partial charge on any atom is 0.248 e. The highest BCUT2D eigenvalue weighted by Crippen LogP contribution is 2.34. The summed E-state index contributed by atoms with van der Waals surface area (Å²) < 4.78 is 38.8. The fourth-order valence-corrected chi connectivity index (χ4v) is 5.76. The van der Waals surface area contributed by atoms with Gasteiger partial charge in [0.25, 0.3) is 0 Å². The molecule has 4 rings (SSSR count). The van der Waals surface area contributed by atoms with Crippen molar-refractivity contribution in [1.82, 2.24) is 3.97 Å². The summed E-state index contributed by atoms with van der Waals surface area (Å²) in [5.41, 5.74) is 2.86. The molecule has 2 heterocycles. The molecule has 2 unspecified atom stereocenters. The number of fused-ring (bicyclic) bond motifs is 1. The predicted octanol–water partition coefficient (Wildman–Crippen LogP) is 4.13. The van der Waals surface area contributed by atoms with E-state index in [2.05, 4.69) is 0 Å². The quantitative estimate of drug-likeness (QED) is 0.646. The Morgan fingerprint density at radius 1 is 1.33 bits per heavy atom. The maximum absolute atomic E-state index is 13.6. The Morgan fingerprint density at radius 2 is 2.17 bits per heavy atom. The summed E-state index contributed by atoms with van der Waals surface area (Å²) in [6, 6.07) is 5.16. The van der Waals surface area contributed by atoms with Crippen LogP contribution in [0, 0.1) is 6.92 Å². The van der Waals surface area contributed by atoms with Crippen molar-refractivity contribution in [3.63, 3.8) is 0 Å². The average Bonchev–Trinajstić information content (AvgIpc) is 3.19. The molecule has 1 fully saturated rings. The van der Waals surface area contributed by atoms with Crippen LogP contribution in [-0.2, 0) is 19.5 Å². The van der Waals surface area contributed by atoms with Crippen LogP contribution in [-0.4, -0.2) is 42.9 Å². The molecule has 30 heavy (non-hydrogen) atoms. The summed E-state index contributed by atoms with van der Waals surface area (Å²) in [5.74, 6) is 0. The zero-order valence-electron chi connectivity index (χ0n) is 17.3. The first kappa shape index (κ1) is 21.0. The Hall–Kier alpha value is -2.22. The number of rotatable bonds is 6. The summed E-state index contributed by atoms with van der Waals surface area (Å²) in [5, 5.41) is 0.737. The molecule has 1 aromatic carbocycles. The lowest BCUT2D eigenvalue weighted by Gasteiger charge is -2.29. The molecule has 0 amide bonds. The molecule has 0 saturated carbocycles. The minimum atomic E-state index is -3.71. The molecule has 2 aromatic rings. The molecular weight excluding hydrogens is 402 g/mol. The second-order valence-corrected chi connectivity index (χ2v) is 10.5. The number of hydrogen-bond donors (Lipinski definition) is 0. The van der Waals surface area contributed by atoms with E-state index < -0.39 is 14.8 Å². The minimum absolute atomic E-state index is 0.171. The molecule has 1 aliphatic carbocycles. The fourth-order valence-electron chi connectivity index (χ4n) is 4.06. The van der Waals surface area contributed by atoms with Crippen molar-refractivity contribution >= 4 is 27.2 Å². The van der Waals surface area contributed by atoms with E-state index in [0.29, 0.717) is 24.1 Å². The van der Waals surface area contributed by atoms with Crippen molar-refractivity contribution in [1.29, 1.82) is 0 Å². The Balaban J connectivity index is 1.55. The number of ether oxygens (including phenoxy) is 2. The molecule has 0 spiro atoms. The monoisotopic (exact) mass is 429 g/mol. The Morgan fingerprint density at radius 3 is 2.83 bits per heavy atom. The van der Waals surface area contributed by atoms with Gasteiger partial charge in [-0.15, -0.1) is 0 Å². The zero-order chi connectivity index (χ0) is 21.4. The van der Waals surface area contributed by atoms with E-state index in [1.807, 2.05) is 19.1 Å². The lowest BCUT2D eigenvalue weighted by Crippen LogP contribution is -2.38. The van der Waals surface area contributed by atoms with Gasteiger partial charge in [0.2, 0.25) is 10.0 Å². The molecule has 7 heteroatoms. The summed E-state index contributed by atoms with van der Waals surface area (Å²) in [4.78, 5) is 11.1. The summed E-state index contributed by atoms with van der Waals surface area (Å²) in [6.45, 7) is 4.70. The number of allylic oxidation sites excluding steroid dienone is 1. The van der Waals surface area contributed by atoms with Crippen LogP contribution in [0.4, 0.5) is 0 Å². The highest BCUT2D eigenvalue weighted by Gasteiger charge is 2.39. The van der Waals surface area contributed by atoms with E-state index in [1.54, 1.807) is 37.4 Å². The molecule has 1 aromatic heterocycles. The van der Waals surface area contributed by atoms with Crippen LogP contribution in [0.2, 0.25) is 0 Å². The highest BCUT2D eigenvalue weighted by molar-refractivity contribution is 7.91. The standard InChI is InChI=1S/C23H27NO5S/c1-17-13-19(15-25)14-20-8-11-24(22(17)20)30(26,27)23(2)9-6-18(7-10-23)16-29-21-5-3-4-12-28-21/h6-9,11,13-15,21H,3-5,10,12,16H2,1-2H3. The van der Waals surface area contributed by atoms with E-state index in [1.165, 1.54) is 3.97 Å². The molecule has 2 aliphatic rings. The largest absolute Gasteiger partial charge is 0.353 e. The number of nitrogens with zero attached hydrogens (tertiary/aromatic N) is 1. The SMILES string of the molecule is Cc1cc(C=O)cc2ccn(S(=O)(=O)C3(C)C=CC(COC4CCCCO4)=CC3)c12. The Kier molecular flexibility index (Phi) is 5.70. The van der Waals surface area contributed by atoms with Gasteiger partial charge in [-0.25, -0.2) is 12.4 Å². The molecule has 0 radical (unpaired) electrons. The average molecular weight is 430 g/mol. The van der Waals surface area contributed by atoms with Gasteiger partial charge in [0, 0.05) is 23.8 Å². The third kappa shape index (κ3) is 3.77. The van der Waals surface area contributed by atoms with Gasteiger partial charge >= 0.3 is 0 Å². The van der Waals surface area contributed by atoms with E-state index >= 15 is 0 Å². The fraction of sp³-hybridized carbons (Fsp3) is 0.435. The number of benzene rings is 1. The first-order valence-corrected chi connectivity index (χ1v) is 11.7. The summed E-state index contributed by atoms with van der Waals surface area (Å²) in [6.07, 6.45) is 11.1. The van der Waals surface area contributed by atoms with E-state index in [4.69, 9.17) is 9.47 Å². The van der Waals surface area contributed by atoms with Gasteiger partial charge in [-0.1, -0.05) is 18.2 Å². The Labute approximate surface area is 177 Å². The van der Waals surface area contributed by atoms with E-state index in [9.17, 15) is 13.2 Å². The van der Waals surface area contributed by atoms with Crippen molar-refractivity contribution in [3.8, 4) is 0 Å². The predicted molar refractivity (Wildman–Crippen MR) is 116 cm³/mol. The van der Waals surface area contributed by atoms with E-state index in [0.717, 1.165) is 48.7 Å². The molecular formula is C23H27NO5S. The van der Waals surface area contributed by atoms with Crippen molar-refractivity contribution in [3.05, 3.63) is 59.3 Å². The lowest BCUT2D eigenvalue weighted by molar-refractivity contribution is -0.156.